The molecule has 2 aromatic rings. The molecule has 5 rings (SSSR count). The number of carbonyl (C=O) groups excluding carboxylic acids is 3. The molecule has 0 atom stereocenters. The van der Waals surface area contributed by atoms with E-state index in [9.17, 15) is 24.3 Å². The summed E-state index contributed by atoms with van der Waals surface area (Å²) in [4.78, 5) is 53.9. The van der Waals surface area contributed by atoms with Crippen LogP contribution >= 0.6 is 0 Å². The largest absolute Gasteiger partial charge is 0.478 e. The highest BCUT2D eigenvalue weighted by Gasteiger charge is 2.33. The minimum absolute atomic E-state index is 0.0454. The third-order valence-electron chi connectivity index (χ3n) is 6.60. The van der Waals surface area contributed by atoms with Gasteiger partial charge >= 0.3 is 11.9 Å². The van der Waals surface area contributed by atoms with E-state index in [4.69, 9.17) is 9.25 Å². The fourth-order valence-electron chi connectivity index (χ4n) is 4.67. The number of hydroxylamine groups is 2. The Bertz CT molecular complexity index is 1700. The van der Waals surface area contributed by atoms with Crippen LogP contribution in [0.15, 0.2) is 59.0 Å². The fourth-order valence-corrected chi connectivity index (χ4v) is 4.67. The minimum atomic E-state index is -1.26. The van der Waals surface area contributed by atoms with Gasteiger partial charge in [-0.15, -0.1) is 5.06 Å². The van der Waals surface area contributed by atoms with E-state index in [0.717, 1.165) is 10.9 Å². The number of nitrogens with one attached hydrogen (secondary N) is 1. The summed E-state index contributed by atoms with van der Waals surface area (Å²) in [5.41, 5.74) is 3.02. The molecule has 1 aliphatic carbocycles. The van der Waals surface area contributed by atoms with Crippen LogP contribution < -0.4 is 15.2 Å². The smallest absolute Gasteiger partial charge is 0.363 e. The van der Waals surface area contributed by atoms with E-state index in [0.29, 0.717) is 45.0 Å². The van der Waals surface area contributed by atoms with Crippen molar-refractivity contribution in [2.24, 2.45) is 0 Å². The van der Waals surface area contributed by atoms with Gasteiger partial charge in [-0.3, -0.25) is 9.59 Å². The minimum Gasteiger partial charge on any atom is -0.478 e. The molecule has 10 heteroatoms. The van der Waals surface area contributed by atoms with Crippen LogP contribution in [0.2, 0.25) is 0 Å². The number of nitrogens with zero attached hydrogens (tertiary/aromatic N) is 2. The normalized spacial score (nSPS) is 13.4. The van der Waals surface area contributed by atoms with Crippen molar-refractivity contribution in [3.05, 3.63) is 76.6 Å². The van der Waals surface area contributed by atoms with Crippen LogP contribution in [-0.4, -0.2) is 55.1 Å². The lowest BCUT2D eigenvalue weighted by Gasteiger charge is -2.18. The Balaban J connectivity index is 1.71. The number of carbonyl (C=O) groups is 4. The molecule has 2 aliphatic heterocycles. The van der Waals surface area contributed by atoms with Gasteiger partial charge in [-0.05, 0) is 42.4 Å². The molecule has 198 valence electrons. The first-order valence-corrected chi connectivity index (χ1v) is 12.3. The Morgan fingerprint density at radius 3 is 2.38 bits per heavy atom. The van der Waals surface area contributed by atoms with Crippen LogP contribution in [0.1, 0.15) is 39.1 Å². The van der Waals surface area contributed by atoms with E-state index in [2.05, 4.69) is 5.32 Å². The van der Waals surface area contributed by atoms with E-state index in [1.54, 1.807) is 0 Å². The zero-order chi connectivity index (χ0) is 27.8. The van der Waals surface area contributed by atoms with E-state index < -0.39 is 23.8 Å². The molecule has 10 nitrogen and oxygen atoms in total. The quantitative estimate of drug-likeness (QED) is 0.222. The van der Waals surface area contributed by atoms with Crippen molar-refractivity contribution in [3.8, 4) is 22.5 Å². The van der Waals surface area contributed by atoms with Gasteiger partial charge in [-0.1, -0.05) is 18.2 Å². The predicted octanol–water partition coefficient (Wildman–Crippen LogP) is 2.87. The highest BCUT2D eigenvalue weighted by Crippen LogP contribution is 2.41. The lowest BCUT2D eigenvalue weighted by Crippen LogP contribution is -2.32. The molecule has 1 saturated heterocycles. The number of carboxylic acid groups (broad SMARTS) is 1. The molecule has 2 amide bonds. The van der Waals surface area contributed by atoms with Crippen molar-refractivity contribution < 1.29 is 33.5 Å². The van der Waals surface area contributed by atoms with Gasteiger partial charge in [0, 0.05) is 42.0 Å². The molecule has 3 aliphatic rings. The summed E-state index contributed by atoms with van der Waals surface area (Å²) in [5.74, 6) is -2.94. The summed E-state index contributed by atoms with van der Waals surface area (Å²) in [6.45, 7) is 0.621. The summed E-state index contributed by atoms with van der Waals surface area (Å²) < 4.78 is 8.24. The number of imide groups is 1. The number of fused-ring (bicyclic) bond motifs is 2. The van der Waals surface area contributed by atoms with Crippen molar-refractivity contribution in [3.63, 3.8) is 0 Å². The number of hydrogen-bond acceptors (Lipinski definition) is 7. The molecule has 2 aromatic carbocycles. The Morgan fingerprint density at radius 2 is 1.72 bits per heavy atom. The van der Waals surface area contributed by atoms with Gasteiger partial charge in [0.2, 0.25) is 5.36 Å². The van der Waals surface area contributed by atoms with Crippen LogP contribution in [0, 0.1) is 0 Å². The second-order valence-corrected chi connectivity index (χ2v) is 9.44. The molecule has 0 unspecified atom stereocenters. The lowest BCUT2D eigenvalue weighted by atomic mass is 9.89. The Labute approximate surface area is 223 Å². The third kappa shape index (κ3) is 4.77. The summed E-state index contributed by atoms with van der Waals surface area (Å²) in [5, 5.41) is 15.3. The van der Waals surface area contributed by atoms with Crippen molar-refractivity contribution in [1.29, 1.82) is 0 Å². The van der Waals surface area contributed by atoms with Gasteiger partial charge in [0.25, 0.3) is 11.8 Å². The first-order chi connectivity index (χ1) is 18.7. The molecule has 39 heavy (non-hydrogen) atoms. The number of hydrogen-bond donors (Lipinski definition) is 2. The maximum Gasteiger partial charge on any atom is 0.363 e. The van der Waals surface area contributed by atoms with E-state index in [1.165, 1.54) is 18.2 Å². The van der Waals surface area contributed by atoms with Crippen LogP contribution in [-0.2, 0) is 21.0 Å². The first kappa shape index (κ1) is 25.8. The van der Waals surface area contributed by atoms with Gasteiger partial charge in [0.15, 0.2) is 0 Å². The lowest BCUT2D eigenvalue weighted by molar-refractivity contribution is -0.172. The maximum absolute atomic E-state index is 12.8. The van der Waals surface area contributed by atoms with Gasteiger partial charge in [-0.2, -0.15) is 0 Å². The second kappa shape index (κ2) is 10.1. The number of aromatic carboxylic acids is 1. The molecule has 0 saturated carbocycles. The predicted molar refractivity (Wildman–Crippen MR) is 142 cm³/mol. The zero-order valence-corrected chi connectivity index (χ0v) is 21.6. The second-order valence-electron chi connectivity index (χ2n) is 9.44. The Morgan fingerprint density at radius 1 is 1.00 bits per heavy atom. The van der Waals surface area contributed by atoms with Crippen molar-refractivity contribution in [1.82, 2.24) is 15.0 Å². The van der Waals surface area contributed by atoms with Crippen molar-refractivity contribution in [2.75, 3.05) is 21.1 Å². The molecule has 0 spiro atoms. The van der Waals surface area contributed by atoms with Gasteiger partial charge < -0.3 is 19.7 Å². The topological polar surface area (TPSA) is 129 Å². The Kier molecular flexibility index (Phi) is 6.71. The molecule has 2 N–H and O–H groups in total. The standard InChI is InChI=1S/C29H25N3O7/c1-30-15-16-4-7-20-23(12-16)38-24-14-18(31(2)3)6-9-21(24)27(20)19-8-5-17(13-22(19)28(35)36)29(37)39-32-25(33)10-11-26(32)34/h4-9,12-14,30H,10-11,15H2,1-3H3/p+1. The first-order valence-electron chi connectivity index (χ1n) is 12.3. The van der Waals surface area contributed by atoms with Crippen LogP contribution in [0.3, 0.4) is 0 Å². The number of benzene rings is 3. The summed E-state index contributed by atoms with van der Waals surface area (Å²) in [6, 6.07) is 15.6. The highest BCUT2D eigenvalue weighted by molar-refractivity contribution is 6.09. The summed E-state index contributed by atoms with van der Waals surface area (Å²) in [7, 11) is 5.67. The molecule has 1 fully saturated rings. The van der Waals surface area contributed by atoms with Crippen molar-refractivity contribution >= 4 is 34.7 Å². The summed E-state index contributed by atoms with van der Waals surface area (Å²) in [6.07, 6.45) is -0.0909. The molecule has 0 aromatic heterocycles. The van der Waals surface area contributed by atoms with Crippen LogP contribution in [0.5, 0.6) is 0 Å². The van der Waals surface area contributed by atoms with Crippen LogP contribution in [0.25, 0.3) is 33.4 Å². The van der Waals surface area contributed by atoms with Gasteiger partial charge in [-0.25, -0.2) is 14.2 Å². The van der Waals surface area contributed by atoms with Crippen molar-refractivity contribution in [2.45, 2.75) is 19.4 Å². The average Bonchev–Trinajstić information content (AvgIpc) is 3.23. The van der Waals surface area contributed by atoms with E-state index in [1.807, 2.05) is 62.1 Å². The molecule has 0 bridgehead atoms. The SMILES string of the molecule is CNCc1ccc2c(-c3ccc(C(=O)ON4C(=O)CCC4=O)cc3C(=O)O)c3ccc(=[N+](C)C)cc-3oc2c1. The number of rotatable bonds is 6. The highest BCUT2D eigenvalue weighted by atomic mass is 16.7. The Hall–Kier alpha value is -4.83. The van der Waals surface area contributed by atoms with E-state index >= 15 is 0 Å². The van der Waals surface area contributed by atoms with Crippen LogP contribution in [0.4, 0.5) is 0 Å². The molecule has 2 heterocycles. The van der Waals surface area contributed by atoms with Gasteiger partial charge in [0.1, 0.15) is 25.4 Å². The maximum atomic E-state index is 12.8. The zero-order valence-electron chi connectivity index (χ0n) is 21.6. The number of carboxylic acids is 1. The number of amides is 2. The molecular weight excluding hydrogens is 502 g/mol. The van der Waals surface area contributed by atoms with E-state index in [-0.39, 0.29) is 24.0 Å². The molecule has 0 radical (unpaired) electrons. The average molecular weight is 529 g/mol. The molecular formula is C29H26N3O7+. The monoisotopic (exact) mass is 528 g/mol. The fraction of sp³-hybridized carbons (Fsp3) is 0.207. The third-order valence-corrected chi connectivity index (χ3v) is 6.60. The summed E-state index contributed by atoms with van der Waals surface area (Å²) >= 11 is 0. The van der Waals surface area contributed by atoms with Gasteiger partial charge in [0.05, 0.1) is 17.2 Å².